The second-order valence-corrected chi connectivity index (χ2v) is 4.97. The lowest BCUT2D eigenvalue weighted by molar-refractivity contribution is -0.127. The van der Waals surface area contributed by atoms with Gasteiger partial charge in [-0.25, -0.2) is 0 Å². The quantitative estimate of drug-likeness (QED) is 0.928. The molecule has 1 aromatic heterocycles. The number of carbonyl (C=O) groups is 1. The van der Waals surface area contributed by atoms with Crippen LogP contribution < -0.4 is 10.1 Å². The SMILES string of the molecule is Cc1ccc(CCNC(=O)[C@H]2Cc3ccccc3O2)o1. The summed E-state index contributed by atoms with van der Waals surface area (Å²) in [4.78, 5) is 12.0. The highest BCUT2D eigenvalue weighted by atomic mass is 16.5. The highest BCUT2D eigenvalue weighted by Crippen LogP contribution is 2.28. The van der Waals surface area contributed by atoms with Gasteiger partial charge in [0.2, 0.25) is 0 Å². The van der Waals surface area contributed by atoms with E-state index in [1.165, 1.54) is 0 Å². The van der Waals surface area contributed by atoms with Crippen LogP contribution in [-0.4, -0.2) is 18.6 Å². The molecule has 1 amide bonds. The first-order chi connectivity index (χ1) is 9.72. The Morgan fingerprint density at radius 2 is 2.15 bits per heavy atom. The Bertz CT molecular complexity index is 593. The van der Waals surface area contributed by atoms with E-state index in [1.54, 1.807) is 0 Å². The molecule has 0 fully saturated rings. The van der Waals surface area contributed by atoms with Gasteiger partial charge in [0.1, 0.15) is 17.3 Å². The van der Waals surface area contributed by atoms with Crippen molar-refractivity contribution in [1.82, 2.24) is 5.32 Å². The number of hydrogen-bond donors (Lipinski definition) is 1. The molecule has 1 atom stereocenters. The number of carbonyl (C=O) groups excluding carboxylic acids is 1. The predicted molar refractivity (Wildman–Crippen MR) is 74.7 cm³/mol. The van der Waals surface area contributed by atoms with Gasteiger partial charge in [0.15, 0.2) is 6.10 Å². The molecule has 2 aromatic rings. The van der Waals surface area contributed by atoms with Gasteiger partial charge >= 0.3 is 0 Å². The van der Waals surface area contributed by atoms with Crippen LogP contribution in [0, 0.1) is 6.92 Å². The molecule has 4 nitrogen and oxygen atoms in total. The summed E-state index contributed by atoms with van der Waals surface area (Å²) in [6, 6.07) is 11.6. The van der Waals surface area contributed by atoms with Crippen LogP contribution in [0.25, 0.3) is 0 Å². The minimum Gasteiger partial charge on any atom is -0.480 e. The van der Waals surface area contributed by atoms with Crippen molar-refractivity contribution in [3.63, 3.8) is 0 Å². The molecule has 1 aliphatic rings. The largest absolute Gasteiger partial charge is 0.480 e. The standard InChI is InChI=1S/C16H17NO3/c1-11-6-7-13(19-11)8-9-17-16(18)15-10-12-4-2-3-5-14(12)20-15/h2-7,15H,8-10H2,1H3,(H,17,18)/t15-/m1/s1. The fourth-order valence-corrected chi connectivity index (χ4v) is 2.37. The van der Waals surface area contributed by atoms with Crippen molar-refractivity contribution < 1.29 is 13.9 Å². The summed E-state index contributed by atoms with van der Waals surface area (Å²) in [7, 11) is 0. The minimum atomic E-state index is -0.411. The van der Waals surface area contributed by atoms with Crippen LogP contribution in [0.5, 0.6) is 5.75 Å². The van der Waals surface area contributed by atoms with Gasteiger partial charge in [0.05, 0.1) is 0 Å². The third kappa shape index (κ3) is 2.69. The highest BCUT2D eigenvalue weighted by molar-refractivity contribution is 5.82. The molecule has 1 aliphatic heterocycles. The van der Waals surface area contributed by atoms with E-state index in [0.717, 1.165) is 22.8 Å². The summed E-state index contributed by atoms with van der Waals surface area (Å²) in [6.07, 6.45) is 0.923. The Balaban J connectivity index is 1.49. The van der Waals surface area contributed by atoms with E-state index < -0.39 is 6.10 Å². The van der Waals surface area contributed by atoms with Crippen molar-refractivity contribution in [2.45, 2.75) is 25.9 Å². The van der Waals surface area contributed by atoms with Gasteiger partial charge in [-0.05, 0) is 30.7 Å². The molecule has 20 heavy (non-hydrogen) atoms. The van der Waals surface area contributed by atoms with Gasteiger partial charge in [-0.2, -0.15) is 0 Å². The molecule has 0 spiro atoms. The van der Waals surface area contributed by atoms with Gasteiger partial charge in [0, 0.05) is 19.4 Å². The topological polar surface area (TPSA) is 51.5 Å². The van der Waals surface area contributed by atoms with Crippen LogP contribution in [0.15, 0.2) is 40.8 Å². The summed E-state index contributed by atoms with van der Waals surface area (Å²) in [6.45, 7) is 2.47. The van der Waals surface area contributed by atoms with Crippen LogP contribution in [0.1, 0.15) is 17.1 Å². The Morgan fingerprint density at radius 3 is 2.90 bits per heavy atom. The van der Waals surface area contributed by atoms with Crippen LogP contribution >= 0.6 is 0 Å². The van der Waals surface area contributed by atoms with Crippen molar-refractivity contribution in [1.29, 1.82) is 0 Å². The summed E-state index contributed by atoms with van der Waals surface area (Å²) in [5.41, 5.74) is 1.09. The maximum atomic E-state index is 12.0. The number of furan rings is 1. The fraction of sp³-hybridized carbons (Fsp3) is 0.312. The predicted octanol–water partition coefficient (Wildman–Crippen LogP) is 2.25. The fourth-order valence-electron chi connectivity index (χ4n) is 2.37. The number of aryl methyl sites for hydroxylation is 1. The molecule has 1 aromatic carbocycles. The zero-order valence-corrected chi connectivity index (χ0v) is 11.4. The average molecular weight is 271 g/mol. The number of para-hydroxylation sites is 1. The summed E-state index contributed by atoms with van der Waals surface area (Å²) >= 11 is 0. The lowest BCUT2D eigenvalue weighted by atomic mass is 10.1. The number of ether oxygens (including phenoxy) is 1. The van der Waals surface area contributed by atoms with E-state index in [1.807, 2.05) is 43.3 Å². The first kappa shape index (κ1) is 12.8. The Kier molecular flexibility index (Phi) is 3.46. The smallest absolute Gasteiger partial charge is 0.261 e. The second kappa shape index (κ2) is 5.41. The van der Waals surface area contributed by atoms with Gasteiger partial charge in [-0.1, -0.05) is 18.2 Å². The Labute approximate surface area is 117 Å². The maximum Gasteiger partial charge on any atom is 0.261 e. The molecule has 4 heteroatoms. The van der Waals surface area contributed by atoms with E-state index >= 15 is 0 Å². The lowest BCUT2D eigenvalue weighted by Crippen LogP contribution is -2.38. The number of rotatable bonds is 4. The molecule has 104 valence electrons. The van der Waals surface area contributed by atoms with Crippen LogP contribution in [0.2, 0.25) is 0 Å². The number of benzene rings is 1. The molecule has 3 rings (SSSR count). The Hall–Kier alpha value is -2.23. The maximum absolute atomic E-state index is 12.0. The molecule has 0 aliphatic carbocycles. The van der Waals surface area contributed by atoms with Gasteiger partial charge in [-0.15, -0.1) is 0 Å². The van der Waals surface area contributed by atoms with Crippen LogP contribution in [0.3, 0.4) is 0 Å². The summed E-state index contributed by atoms with van der Waals surface area (Å²) in [5.74, 6) is 2.53. The van der Waals surface area contributed by atoms with Gasteiger partial charge in [0.25, 0.3) is 5.91 Å². The zero-order valence-electron chi connectivity index (χ0n) is 11.4. The molecule has 0 radical (unpaired) electrons. The van der Waals surface area contributed by atoms with Crippen LogP contribution in [0.4, 0.5) is 0 Å². The van der Waals surface area contributed by atoms with Gasteiger partial charge in [-0.3, -0.25) is 4.79 Å². The minimum absolute atomic E-state index is 0.0653. The molecule has 0 saturated carbocycles. The first-order valence-electron chi connectivity index (χ1n) is 6.80. The van der Waals surface area contributed by atoms with E-state index in [4.69, 9.17) is 9.15 Å². The highest BCUT2D eigenvalue weighted by Gasteiger charge is 2.28. The third-order valence-corrected chi connectivity index (χ3v) is 3.41. The van der Waals surface area contributed by atoms with Crippen molar-refractivity contribution in [2.75, 3.05) is 6.54 Å². The van der Waals surface area contributed by atoms with Crippen molar-refractivity contribution in [3.8, 4) is 5.75 Å². The molecule has 0 unspecified atom stereocenters. The molecule has 2 heterocycles. The number of fused-ring (bicyclic) bond motifs is 1. The molecule has 0 saturated heterocycles. The first-order valence-corrected chi connectivity index (χ1v) is 6.80. The number of hydrogen-bond acceptors (Lipinski definition) is 3. The second-order valence-electron chi connectivity index (χ2n) is 4.97. The van der Waals surface area contributed by atoms with E-state index in [2.05, 4.69) is 5.32 Å². The molecule has 1 N–H and O–H groups in total. The van der Waals surface area contributed by atoms with Crippen molar-refractivity contribution in [2.24, 2.45) is 0 Å². The lowest BCUT2D eigenvalue weighted by Gasteiger charge is -2.10. The number of amides is 1. The zero-order chi connectivity index (χ0) is 13.9. The normalized spacial score (nSPS) is 16.6. The average Bonchev–Trinajstić information content (AvgIpc) is 3.04. The molecule has 0 bridgehead atoms. The van der Waals surface area contributed by atoms with Crippen molar-refractivity contribution >= 4 is 5.91 Å². The molecular formula is C16H17NO3. The Morgan fingerprint density at radius 1 is 1.30 bits per heavy atom. The van der Waals surface area contributed by atoms with Crippen molar-refractivity contribution in [3.05, 3.63) is 53.5 Å². The third-order valence-electron chi connectivity index (χ3n) is 3.41. The van der Waals surface area contributed by atoms with E-state index in [9.17, 15) is 4.79 Å². The summed E-state index contributed by atoms with van der Waals surface area (Å²) < 4.78 is 11.1. The monoisotopic (exact) mass is 271 g/mol. The van der Waals surface area contributed by atoms with Crippen LogP contribution in [-0.2, 0) is 17.6 Å². The molecular weight excluding hydrogens is 254 g/mol. The van der Waals surface area contributed by atoms with E-state index in [-0.39, 0.29) is 5.91 Å². The van der Waals surface area contributed by atoms with Gasteiger partial charge < -0.3 is 14.5 Å². The summed E-state index contributed by atoms with van der Waals surface area (Å²) in [5, 5.41) is 2.89. The number of nitrogens with one attached hydrogen (secondary N) is 1. The van der Waals surface area contributed by atoms with E-state index in [0.29, 0.717) is 19.4 Å².